The number of thioether (sulfide) groups is 2. The van der Waals surface area contributed by atoms with Crippen molar-refractivity contribution in [1.29, 1.82) is 0 Å². The summed E-state index contributed by atoms with van der Waals surface area (Å²) in [7, 11) is 0. The summed E-state index contributed by atoms with van der Waals surface area (Å²) in [6, 6.07) is 0.242. The van der Waals surface area contributed by atoms with E-state index in [0.29, 0.717) is 11.0 Å². The van der Waals surface area contributed by atoms with Gasteiger partial charge in [0.2, 0.25) is 5.91 Å². The maximum absolute atomic E-state index is 13.3. The van der Waals surface area contributed by atoms with Crippen LogP contribution in [-0.4, -0.2) is 44.5 Å². The van der Waals surface area contributed by atoms with Gasteiger partial charge in [0.15, 0.2) is 5.16 Å². The molecule has 28 heavy (non-hydrogen) atoms. The highest BCUT2D eigenvalue weighted by atomic mass is 32.2. The fraction of sp³-hybridized carbons (Fsp3) is 0.762. The van der Waals surface area contributed by atoms with Crippen molar-refractivity contribution in [3.8, 4) is 0 Å². The number of aromatic nitrogens is 2. The van der Waals surface area contributed by atoms with Crippen LogP contribution in [0.5, 0.6) is 0 Å². The van der Waals surface area contributed by atoms with Gasteiger partial charge in [0.25, 0.3) is 5.56 Å². The number of fused-ring (bicyclic) bond motifs is 1. The quantitative estimate of drug-likeness (QED) is 0.536. The topological polar surface area (TPSA) is 55.2 Å². The number of nitrogens with zero attached hydrogens (tertiary/aromatic N) is 3. The Hall–Kier alpha value is -0.950. The van der Waals surface area contributed by atoms with Crippen molar-refractivity contribution in [2.24, 2.45) is 0 Å². The van der Waals surface area contributed by atoms with Crippen LogP contribution in [-0.2, 0) is 11.2 Å². The van der Waals surface area contributed by atoms with Crippen LogP contribution in [0.4, 0.5) is 0 Å². The smallest absolute Gasteiger partial charge is 0.268 e. The van der Waals surface area contributed by atoms with Crippen molar-refractivity contribution in [3.63, 3.8) is 0 Å². The SMILES string of the molecule is CC1Cc2nc(SCC(=O)N3CCCCCC3)n(C3CCCCC3)c(=O)c2S1. The van der Waals surface area contributed by atoms with E-state index in [4.69, 9.17) is 4.98 Å². The number of rotatable bonds is 4. The third-order valence-corrected chi connectivity index (χ3v) is 8.29. The molecule has 1 aromatic rings. The van der Waals surface area contributed by atoms with Gasteiger partial charge in [0.05, 0.1) is 16.3 Å². The van der Waals surface area contributed by atoms with Crippen LogP contribution in [0.3, 0.4) is 0 Å². The van der Waals surface area contributed by atoms with Crippen molar-refractivity contribution >= 4 is 29.4 Å². The lowest BCUT2D eigenvalue weighted by molar-refractivity contribution is -0.128. The molecule has 0 bridgehead atoms. The number of hydrogen-bond acceptors (Lipinski definition) is 5. The Balaban J connectivity index is 1.56. The van der Waals surface area contributed by atoms with Crippen LogP contribution in [0.2, 0.25) is 0 Å². The molecule has 1 aromatic heterocycles. The highest BCUT2D eigenvalue weighted by molar-refractivity contribution is 8.00. The van der Waals surface area contributed by atoms with Gasteiger partial charge in [0.1, 0.15) is 0 Å². The number of likely N-dealkylation sites (tertiary alicyclic amines) is 1. The fourth-order valence-corrected chi connectivity index (χ4v) is 6.70. The molecule has 2 aliphatic heterocycles. The highest BCUT2D eigenvalue weighted by Gasteiger charge is 2.29. The minimum absolute atomic E-state index is 0.135. The van der Waals surface area contributed by atoms with E-state index in [1.807, 2.05) is 9.47 Å². The molecule has 5 nitrogen and oxygen atoms in total. The van der Waals surface area contributed by atoms with Gasteiger partial charge >= 0.3 is 0 Å². The van der Waals surface area contributed by atoms with Gasteiger partial charge in [0, 0.05) is 30.8 Å². The number of amides is 1. The Bertz CT molecular complexity index is 766. The zero-order valence-corrected chi connectivity index (χ0v) is 18.5. The minimum Gasteiger partial charge on any atom is -0.342 e. The van der Waals surface area contributed by atoms with Gasteiger partial charge < -0.3 is 4.90 Å². The Morgan fingerprint density at radius 3 is 2.50 bits per heavy atom. The van der Waals surface area contributed by atoms with E-state index in [0.717, 1.165) is 60.9 Å². The summed E-state index contributed by atoms with van der Waals surface area (Å²) in [6.07, 6.45) is 11.2. The Morgan fingerprint density at radius 1 is 1.11 bits per heavy atom. The van der Waals surface area contributed by atoms with Crippen LogP contribution in [0, 0.1) is 0 Å². The van der Waals surface area contributed by atoms with Gasteiger partial charge in [-0.05, 0) is 25.7 Å². The van der Waals surface area contributed by atoms with Gasteiger partial charge in [-0.25, -0.2) is 4.98 Å². The van der Waals surface area contributed by atoms with Crippen LogP contribution < -0.4 is 5.56 Å². The Labute approximate surface area is 176 Å². The molecular formula is C21H31N3O2S2. The second kappa shape index (κ2) is 9.24. The number of hydrogen-bond donors (Lipinski definition) is 0. The summed E-state index contributed by atoms with van der Waals surface area (Å²) < 4.78 is 1.95. The zero-order chi connectivity index (χ0) is 19.5. The highest BCUT2D eigenvalue weighted by Crippen LogP contribution is 2.37. The third kappa shape index (κ3) is 4.45. The Morgan fingerprint density at radius 2 is 1.79 bits per heavy atom. The molecule has 1 unspecified atom stereocenters. The van der Waals surface area contributed by atoms with Crippen molar-refractivity contribution < 1.29 is 4.79 Å². The van der Waals surface area contributed by atoms with Crippen LogP contribution in [0.25, 0.3) is 0 Å². The summed E-state index contributed by atoms with van der Waals surface area (Å²) in [5.41, 5.74) is 1.08. The largest absolute Gasteiger partial charge is 0.342 e. The molecule has 154 valence electrons. The lowest BCUT2D eigenvalue weighted by atomic mass is 9.95. The molecule has 7 heteroatoms. The molecule has 0 spiro atoms. The maximum atomic E-state index is 13.3. The molecule has 3 aliphatic rings. The summed E-state index contributed by atoms with van der Waals surface area (Å²) in [5, 5.41) is 1.18. The molecule has 1 atom stereocenters. The summed E-state index contributed by atoms with van der Waals surface area (Å²) in [4.78, 5) is 33.8. The van der Waals surface area contributed by atoms with Gasteiger partial charge in [-0.15, -0.1) is 11.8 Å². The van der Waals surface area contributed by atoms with Gasteiger partial charge in [-0.1, -0.05) is 50.8 Å². The fourth-order valence-electron chi connectivity index (χ4n) is 4.61. The lowest BCUT2D eigenvalue weighted by Crippen LogP contribution is -2.34. The molecular weight excluding hydrogens is 390 g/mol. The number of carbonyl (C=O) groups excluding carboxylic acids is 1. The van der Waals surface area contributed by atoms with E-state index in [-0.39, 0.29) is 17.5 Å². The Kier molecular flexibility index (Phi) is 6.71. The van der Waals surface area contributed by atoms with Crippen molar-refractivity contribution in [1.82, 2.24) is 14.5 Å². The molecule has 2 fully saturated rings. The molecule has 4 rings (SSSR count). The monoisotopic (exact) mass is 421 g/mol. The molecule has 0 aromatic carbocycles. The molecule has 0 N–H and O–H groups in total. The predicted octanol–water partition coefficient (Wildman–Crippen LogP) is 4.28. The van der Waals surface area contributed by atoms with E-state index < -0.39 is 0 Å². The first-order chi connectivity index (χ1) is 13.6. The molecule has 0 radical (unpaired) electrons. The first-order valence-electron chi connectivity index (χ1n) is 10.9. The maximum Gasteiger partial charge on any atom is 0.268 e. The third-order valence-electron chi connectivity index (χ3n) is 6.14. The molecule has 3 heterocycles. The zero-order valence-electron chi connectivity index (χ0n) is 16.8. The first kappa shape index (κ1) is 20.3. The molecule has 1 saturated heterocycles. The van der Waals surface area contributed by atoms with E-state index >= 15 is 0 Å². The van der Waals surface area contributed by atoms with E-state index in [1.54, 1.807) is 11.8 Å². The van der Waals surface area contributed by atoms with Gasteiger partial charge in [-0.3, -0.25) is 14.2 Å². The normalized spacial score (nSPS) is 23.5. The average Bonchev–Trinajstić information content (AvgIpc) is 2.90. The first-order valence-corrected chi connectivity index (χ1v) is 12.7. The predicted molar refractivity (Wildman–Crippen MR) is 115 cm³/mol. The summed E-state index contributed by atoms with van der Waals surface area (Å²) in [6.45, 7) is 3.91. The van der Waals surface area contributed by atoms with E-state index in [2.05, 4.69) is 6.92 Å². The second-order valence-corrected chi connectivity index (χ2v) is 10.7. The van der Waals surface area contributed by atoms with E-state index in [1.165, 1.54) is 43.9 Å². The standard InChI is InChI=1S/C21H31N3O2S2/c1-15-13-17-19(28-15)20(26)24(16-9-5-4-6-10-16)21(22-17)27-14-18(25)23-11-7-2-3-8-12-23/h15-16H,2-14H2,1H3. The molecule has 1 saturated carbocycles. The van der Waals surface area contributed by atoms with Crippen LogP contribution in [0.1, 0.15) is 76.4 Å². The average molecular weight is 422 g/mol. The van der Waals surface area contributed by atoms with Crippen LogP contribution >= 0.6 is 23.5 Å². The second-order valence-electron chi connectivity index (χ2n) is 8.35. The summed E-state index contributed by atoms with van der Waals surface area (Å²) in [5.74, 6) is 0.584. The van der Waals surface area contributed by atoms with Gasteiger partial charge in [-0.2, -0.15) is 0 Å². The lowest BCUT2D eigenvalue weighted by Gasteiger charge is -2.26. The molecule has 1 amide bonds. The number of carbonyl (C=O) groups is 1. The van der Waals surface area contributed by atoms with Crippen molar-refractivity contribution in [3.05, 3.63) is 16.0 Å². The van der Waals surface area contributed by atoms with Crippen molar-refractivity contribution in [2.45, 2.75) is 92.5 Å². The minimum atomic E-state index is 0.135. The van der Waals surface area contributed by atoms with E-state index in [9.17, 15) is 9.59 Å². The van der Waals surface area contributed by atoms with Crippen molar-refractivity contribution in [2.75, 3.05) is 18.8 Å². The molecule has 1 aliphatic carbocycles. The summed E-state index contributed by atoms with van der Waals surface area (Å²) >= 11 is 3.16. The van der Waals surface area contributed by atoms with Crippen LogP contribution in [0.15, 0.2) is 14.8 Å².